The van der Waals surface area contributed by atoms with Crippen LogP contribution in [0.15, 0.2) is 0 Å². The lowest BCUT2D eigenvalue weighted by atomic mass is 9.99. The molecule has 1 amide bonds. The summed E-state index contributed by atoms with van der Waals surface area (Å²) in [6, 6.07) is -0.0705. The molecule has 0 aromatic rings. The van der Waals surface area contributed by atoms with E-state index in [9.17, 15) is 9.00 Å². The fraction of sp³-hybridized carbons (Fsp3) is 0.933. The molecule has 0 aromatic carbocycles. The summed E-state index contributed by atoms with van der Waals surface area (Å²) in [6.07, 6.45) is 2.06. The van der Waals surface area contributed by atoms with Crippen molar-refractivity contribution in [3.8, 4) is 0 Å². The van der Waals surface area contributed by atoms with Crippen LogP contribution in [-0.2, 0) is 15.6 Å². The van der Waals surface area contributed by atoms with Gasteiger partial charge in [0.05, 0.1) is 12.2 Å². The van der Waals surface area contributed by atoms with E-state index >= 15 is 0 Å². The van der Waals surface area contributed by atoms with Crippen molar-refractivity contribution in [2.45, 2.75) is 59.7 Å². The SMILES string of the molecule is CCC(C)C1NC(CC(C)C)N(CCS(=O)CC)C1=O. The smallest absolute Gasteiger partial charge is 0.241 e. The van der Waals surface area contributed by atoms with Crippen molar-refractivity contribution >= 4 is 16.7 Å². The summed E-state index contributed by atoms with van der Waals surface area (Å²) < 4.78 is 11.6. The molecule has 1 aliphatic heterocycles. The topological polar surface area (TPSA) is 49.4 Å². The number of nitrogens with one attached hydrogen (secondary N) is 1. The van der Waals surface area contributed by atoms with Crippen LogP contribution < -0.4 is 5.32 Å². The molecule has 0 aromatic heterocycles. The summed E-state index contributed by atoms with van der Waals surface area (Å²) >= 11 is 0. The Hall–Kier alpha value is -0.420. The minimum atomic E-state index is -0.811. The molecule has 5 heteroatoms. The Morgan fingerprint density at radius 1 is 1.30 bits per heavy atom. The quantitative estimate of drug-likeness (QED) is 0.746. The minimum absolute atomic E-state index is 0.0705. The molecule has 0 saturated carbocycles. The molecule has 1 fully saturated rings. The van der Waals surface area contributed by atoms with E-state index in [0.717, 1.165) is 12.8 Å². The van der Waals surface area contributed by atoms with Crippen LogP contribution in [0.25, 0.3) is 0 Å². The molecule has 0 aliphatic carbocycles. The van der Waals surface area contributed by atoms with E-state index in [1.54, 1.807) is 0 Å². The Morgan fingerprint density at radius 2 is 1.95 bits per heavy atom. The Morgan fingerprint density at radius 3 is 2.45 bits per heavy atom. The van der Waals surface area contributed by atoms with E-state index in [4.69, 9.17) is 0 Å². The Labute approximate surface area is 126 Å². The van der Waals surface area contributed by atoms with Crippen LogP contribution >= 0.6 is 0 Å². The van der Waals surface area contributed by atoms with Gasteiger partial charge in [-0.1, -0.05) is 41.0 Å². The highest BCUT2D eigenvalue weighted by Crippen LogP contribution is 2.22. The molecule has 0 radical (unpaired) electrons. The van der Waals surface area contributed by atoms with E-state index < -0.39 is 10.8 Å². The number of nitrogens with zero attached hydrogens (tertiary/aromatic N) is 1. The highest BCUT2D eigenvalue weighted by Gasteiger charge is 2.40. The van der Waals surface area contributed by atoms with Gasteiger partial charge < -0.3 is 4.90 Å². The zero-order valence-corrected chi connectivity index (χ0v) is 14.3. The van der Waals surface area contributed by atoms with Gasteiger partial charge in [0.25, 0.3) is 0 Å². The van der Waals surface area contributed by atoms with Gasteiger partial charge in [-0.2, -0.15) is 0 Å². The molecular weight excluding hydrogens is 272 g/mol. The number of carbonyl (C=O) groups is 1. The summed E-state index contributed by atoms with van der Waals surface area (Å²) in [7, 11) is -0.811. The van der Waals surface area contributed by atoms with Crippen molar-refractivity contribution in [2.75, 3.05) is 18.1 Å². The third-order valence-electron chi connectivity index (χ3n) is 4.09. The van der Waals surface area contributed by atoms with Gasteiger partial charge in [0.15, 0.2) is 0 Å². The van der Waals surface area contributed by atoms with Crippen LogP contribution in [0, 0.1) is 11.8 Å². The molecule has 1 saturated heterocycles. The highest BCUT2D eigenvalue weighted by molar-refractivity contribution is 7.84. The van der Waals surface area contributed by atoms with Crippen LogP contribution in [0.3, 0.4) is 0 Å². The Kier molecular flexibility index (Phi) is 7.17. The number of hydrogen-bond acceptors (Lipinski definition) is 3. The summed E-state index contributed by atoms with van der Waals surface area (Å²) in [5.41, 5.74) is 0. The minimum Gasteiger partial charge on any atom is -0.325 e. The lowest BCUT2D eigenvalue weighted by Gasteiger charge is -2.25. The first-order valence-electron chi connectivity index (χ1n) is 7.82. The lowest BCUT2D eigenvalue weighted by molar-refractivity contribution is -0.130. The zero-order valence-electron chi connectivity index (χ0n) is 13.5. The first-order valence-corrected chi connectivity index (χ1v) is 9.30. The van der Waals surface area contributed by atoms with Gasteiger partial charge in [-0.3, -0.25) is 14.3 Å². The maximum atomic E-state index is 12.6. The van der Waals surface area contributed by atoms with Gasteiger partial charge in [-0.15, -0.1) is 0 Å². The average Bonchev–Trinajstić information content (AvgIpc) is 2.71. The van der Waals surface area contributed by atoms with Gasteiger partial charge in [0, 0.05) is 28.9 Å². The number of carbonyl (C=O) groups excluding carboxylic acids is 1. The summed E-state index contributed by atoms with van der Waals surface area (Å²) in [6.45, 7) is 11.1. The molecule has 0 bridgehead atoms. The zero-order chi connectivity index (χ0) is 15.3. The molecule has 1 aliphatic rings. The Balaban J connectivity index is 2.74. The molecule has 4 unspecified atom stereocenters. The predicted molar refractivity (Wildman–Crippen MR) is 84.9 cm³/mol. The maximum absolute atomic E-state index is 12.6. The number of hydrogen-bond donors (Lipinski definition) is 1. The highest BCUT2D eigenvalue weighted by atomic mass is 32.2. The second kappa shape index (κ2) is 8.13. The molecule has 20 heavy (non-hydrogen) atoms. The van der Waals surface area contributed by atoms with Gasteiger partial charge >= 0.3 is 0 Å². The van der Waals surface area contributed by atoms with Crippen molar-refractivity contribution in [1.82, 2.24) is 10.2 Å². The molecule has 1 heterocycles. The van der Waals surface area contributed by atoms with E-state index in [2.05, 4.69) is 33.0 Å². The van der Waals surface area contributed by atoms with Gasteiger partial charge in [-0.05, 0) is 18.3 Å². The number of rotatable bonds is 8. The fourth-order valence-electron chi connectivity index (χ4n) is 2.60. The first-order chi connectivity index (χ1) is 9.40. The molecular formula is C15H30N2O2S. The molecule has 1 rings (SSSR count). The fourth-order valence-corrected chi connectivity index (χ4v) is 3.29. The Bertz CT molecular complexity index is 347. The number of amides is 1. The van der Waals surface area contributed by atoms with Crippen LogP contribution in [0.5, 0.6) is 0 Å². The maximum Gasteiger partial charge on any atom is 0.241 e. The van der Waals surface area contributed by atoms with E-state index in [1.165, 1.54) is 0 Å². The molecule has 1 N–H and O–H groups in total. The normalized spacial score (nSPS) is 26.3. The van der Waals surface area contributed by atoms with Crippen molar-refractivity contribution in [3.63, 3.8) is 0 Å². The van der Waals surface area contributed by atoms with Gasteiger partial charge in [0.2, 0.25) is 5.91 Å². The second-order valence-corrected chi connectivity index (χ2v) is 8.00. The van der Waals surface area contributed by atoms with Gasteiger partial charge in [0.1, 0.15) is 0 Å². The van der Waals surface area contributed by atoms with Crippen molar-refractivity contribution in [3.05, 3.63) is 0 Å². The third-order valence-corrected chi connectivity index (χ3v) is 5.37. The van der Waals surface area contributed by atoms with E-state index in [1.807, 2.05) is 11.8 Å². The lowest BCUT2D eigenvalue weighted by Crippen LogP contribution is -2.40. The van der Waals surface area contributed by atoms with Crippen LogP contribution in [0.4, 0.5) is 0 Å². The standard InChI is InChI=1S/C15H30N2O2S/c1-6-12(5)14-15(18)17(8-9-20(19)7-2)13(16-14)10-11(3)4/h11-14,16H,6-10H2,1-5H3. The summed E-state index contributed by atoms with van der Waals surface area (Å²) in [4.78, 5) is 14.5. The van der Waals surface area contributed by atoms with Crippen LogP contribution in [-0.4, -0.2) is 45.3 Å². The average molecular weight is 302 g/mol. The second-order valence-electron chi connectivity index (χ2n) is 6.14. The third kappa shape index (κ3) is 4.55. The summed E-state index contributed by atoms with van der Waals surface area (Å²) in [5.74, 6) is 2.33. The van der Waals surface area contributed by atoms with Crippen molar-refractivity contribution < 1.29 is 9.00 Å². The molecule has 118 valence electrons. The first kappa shape index (κ1) is 17.6. The monoisotopic (exact) mass is 302 g/mol. The van der Waals surface area contributed by atoms with Crippen LogP contribution in [0.2, 0.25) is 0 Å². The van der Waals surface area contributed by atoms with Crippen molar-refractivity contribution in [1.29, 1.82) is 0 Å². The summed E-state index contributed by atoms with van der Waals surface area (Å²) in [5, 5.41) is 3.49. The van der Waals surface area contributed by atoms with Crippen LogP contribution in [0.1, 0.15) is 47.5 Å². The van der Waals surface area contributed by atoms with E-state index in [-0.39, 0.29) is 18.1 Å². The van der Waals surface area contributed by atoms with E-state index in [0.29, 0.717) is 29.9 Å². The molecule has 4 atom stereocenters. The van der Waals surface area contributed by atoms with Crippen molar-refractivity contribution in [2.24, 2.45) is 11.8 Å². The largest absolute Gasteiger partial charge is 0.325 e. The predicted octanol–water partition coefficient (Wildman–Crippen LogP) is 1.97. The molecule has 4 nitrogen and oxygen atoms in total. The van der Waals surface area contributed by atoms with Gasteiger partial charge in [-0.25, -0.2) is 0 Å². The molecule has 0 spiro atoms.